The zero-order valence-electron chi connectivity index (χ0n) is 8.32. The lowest BCUT2D eigenvalue weighted by Gasteiger charge is -2.03. The van der Waals surface area contributed by atoms with Crippen LogP contribution in [0.1, 0.15) is 23.8 Å². The maximum Gasteiger partial charge on any atom is 0.356 e. The van der Waals surface area contributed by atoms with E-state index in [4.69, 9.17) is 4.74 Å². The fourth-order valence-corrected chi connectivity index (χ4v) is 0.911. The molecule has 0 N–H and O–H groups in total. The Balaban J connectivity index is 2.63. The molecule has 0 aliphatic rings. The van der Waals surface area contributed by atoms with E-state index < -0.39 is 5.97 Å². The first-order chi connectivity index (χ1) is 6.77. The van der Waals surface area contributed by atoms with Crippen molar-refractivity contribution in [3.05, 3.63) is 24.0 Å². The zero-order chi connectivity index (χ0) is 10.4. The van der Waals surface area contributed by atoms with Crippen molar-refractivity contribution >= 4 is 5.97 Å². The van der Waals surface area contributed by atoms with Crippen molar-refractivity contribution in [2.24, 2.45) is 0 Å². The molecule has 0 atom stereocenters. The first-order valence-electron chi connectivity index (χ1n) is 4.45. The second-order valence-electron chi connectivity index (χ2n) is 2.72. The molecule has 76 valence electrons. The molecule has 0 unspecified atom stereocenters. The molecular formula is C10H13NO3. The smallest absolute Gasteiger partial charge is 0.356 e. The molecule has 14 heavy (non-hydrogen) atoms. The standard InChI is InChI=1S/C10H13NO3/c1-3-6-14-8-4-5-9(11-7-8)10(12)13-2/h4-5,7H,3,6H2,1-2H3. The van der Waals surface area contributed by atoms with E-state index in [9.17, 15) is 4.79 Å². The van der Waals surface area contributed by atoms with Gasteiger partial charge in [0.2, 0.25) is 0 Å². The summed E-state index contributed by atoms with van der Waals surface area (Å²) in [6.07, 6.45) is 2.46. The number of methoxy groups -OCH3 is 1. The number of rotatable bonds is 4. The summed E-state index contributed by atoms with van der Waals surface area (Å²) in [4.78, 5) is 14.9. The molecule has 1 aromatic rings. The second-order valence-corrected chi connectivity index (χ2v) is 2.72. The van der Waals surface area contributed by atoms with E-state index in [0.717, 1.165) is 6.42 Å². The molecule has 0 aliphatic heterocycles. The molecule has 0 spiro atoms. The van der Waals surface area contributed by atoms with Gasteiger partial charge in [0, 0.05) is 0 Å². The summed E-state index contributed by atoms with van der Waals surface area (Å²) in [7, 11) is 1.32. The molecule has 0 bridgehead atoms. The quantitative estimate of drug-likeness (QED) is 0.685. The van der Waals surface area contributed by atoms with Crippen LogP contribution in [0.4, 0.5) is 0 Å². The number of nitrogens with zero attached hydrogens (tertiary/aromatic N) is 1. The first-order valence-corrected chi connectivity index (χ1v) is 4.45. The lowest BCUT2D eigenvalue weighted by atomic mass is 10.3. The van der Waals surface area contributed by atoms with Gasteiger partial charge in [0.15, 0.2) is 0 Å². The van der Waals surface area contributed by atoms with E-state index in [-0.39, 0.29) is 5.69 Å². The number of hydrogen-bond acceptors (Lipinski definition) is 4. The molecular weight excluding hydrogens is 182 g/mol. The van der Waals surface area contributed by atoms with E-state index in [0.29, 0.717) is 12.4 Å². The molecule has 0 aromatic carbocycles. The van der Waals surface area contributed by atoms with E-state index in [2.05, 4.69) is 9.72 Å². The number of aromatic nitrogens is 1. The summed E-state index contributed by atoms with van der Waals surface area (Å²) in [5.74, 6) is 0.228. The van der Waals surface area contributed by atoms with Gasteiger partial charge in [0.1, 0.15) is 11.4 Å². The summed E-state index contributed by atoms with van der Waals surface area (Å²) >= 11 is 0. The largest absolute Gasteiger partial charge is 0.492 e. The highest BCUT2D eigenvalue weighted by Gasteiger charge is 2.05. The van der Waals surface area contributed by atoms with Crippen molar-refractivity contribution < 1.29 is 14.3 Å². The Bertz CT molecular complexity index is 295. The molecule has 1 heterocycles. The van der Waals surface area contributed by atoms with Gasteiger partial charge in [-0.25, -0.2) is 9.78 Å². The summed E-state index contributed by atoms with van der Waals surface area (Å²) < 4.78 is 9.82. The van der Waals surface area contributed by atoms with Crippen LogP contribution in [0.25, 0.3) is 0 Å². The van der Waals surface area contributed by atoms with Crippen molar-refractivity contribution in [3.8, 4) is 5.75 Å². The molecule has 1 aromatic heterocycles. The highest BCUT2D eigenvalue weighted by atomic mass is 16.5. The number of hydrogen-bond donors (Lipinski definition) is 0. The molecule has 0 fully saturated rings. The number of pyridine rings is 1. The van der Waals surface area contributed by atoms with Gasteiger partial charge in [-0.1, -0.05) is 6.92 Å². The fourth-order valence-electron chi connectivity index (χ4n) is 0.911. The third-order valence-electron chi connectivity index (χ3n) is 1.60. The van der Waals surface area contributed by atoms with Crippen molar-refractivity contribution in [2.75, 3.05) is 13.7 Å². The Labute approximate surface area is 82.9 Å². The van der Waals surface area contributed by atoms with Gasteiger partial charge in [-0.2, -0.15) is 0 Å². The Morgan fingerprint density at radius 2 is 2.29 bits per heavy atom. The molecule has 0 saturated carbocycles. The van der Waals surface area contributed by atoms with Crippen molar-refractivity contribution in [3.63, 3.8) is 0 Å². The lowest BCUT2D eigenvalue weighted by molar-refractivity contribution is 0.0594. The molecule has 4 heteroatoms. The number of carbonyl (C=O) groups excluding carboxylic acids is 1. The lowest BCUT2D eigenvalue weighted by Crippen LogP contribution is -2.04. The van der Waals surface area contributed by atoms with Gasteiger partial charge in [-0.15, -0.1) is 0 Å². The van der Waals surface area contributed by atoms with Gasteiger partial charge in [-0.05, 0) is 18.6 Å². The maximum absolute atomic E-state index is 11.0. The minimum Gasteiger partial charge on any atom is -0.492 e. The molecule has 4 nitrogen and oxygen atoms in total. The van der Waals surface area contributed by atoms with Gasteiger partial charge in [0.05, 0.1) is 19.9 Å². The normalized spacial score (nSPS) is 9.57. The predicted octanol–water partition coefficient (Wildman–Crippen LogP) is 1.66. The average molecular weight is 195 g/mol. The van der Waals surface area contributed by atoms with Crippen LogP contribution in [-0.2, 0) is 4.74 Å². The van der Waals surface area contributed by atoms with Gasteiger partial charge in [0.25, 0.3) is 0 Å². The average Bonchev–Trinajstić information content (AvgIpc) is 2.26. The van der Waals surface area contributed by atoms with E-state index >= 15 is 0 Å². The first kappa shape index (κ1) is 10.5. The number of ether oxygens (including phenoxy) is 2. The van der Waals surface area contributed by atoms with Gasteiger partial charge in [-0.3, -0.25) is 0 Å². The molecule has 0 saturated heterocycles. The van der Waals surface area contributed by atoms with Crippen LogP contribution in [0.5, 0.6) is 5.75 Å². The van der Waals surface area contributed by atoms with Crippen LogP contribution < -0.4 is 4.74 Å². The summed E-state index contributed by atoms with van der Waals surface area (Å²) in [6, 6.07) is 3.28. The Kier molecular flexibility index (Phi) is 3.91. The Morgan fingerprint density at radius 1 is 1.50 bits per heavy atom. The maximum atomic E-state index is 11.0. The van der Waals surface area contributed by atoms with Crippen molar-refractivity contribution in [2.45, 2.75) is 13.3 Å². The zero-order valence-corrected chi connectivity index (χ0v) is 8.32. The van der Waals surface area contributed by atoms with Crippen LogP contribution in [0, 0.1) is 0 Å². The molecule has 0 aliphatic carbocycles. The Hall–Kier alpha value is -1.58. The van der Waals surface area contributed by atoms with Crippen LogP contribution in [0.15, 0.2) is 18.3 Å². The summed E-state index contributed by atoms with van der Waals surface area (Å²) in [5.41, 5.74) is 0.288. The van der Waals surface area contributed by atoms with Crippen LogP contribution in [0.3, 0.4) is 0 Å². The number of carbonyl (C=O) groups is 1. The summed E-state index contributed by atoms with van der Waals surface area (Å²) in [6.45, 7) is 2.68. The van der Waals surface area contributed by atoms with E-state index in [1.165, 1.54) is 13.3 Å². The van der Waals surface area contributed by atoms with E-state index in [1.54, 1.807) is 12.1 Å². The molecule has 0 amide bonds. The van der Waals surface area contributed by atoms with Gasteiger partial charge >= 0.3 is 5.97 Å². The third kappa shape index (κ3) is 2.73. The van der Waals surface area contributed by atoms with E-state index in [1.807, 2.05) is 6.92 Å². The monoisotopic (exact) mass is 195 g/mol. The minimum atomic E-state index is -0.438. The van der Waals surface area contributed by atoms with Crippen LogP contribution in [0.2, 0.25) is 0 Å². The molecule has 1 rings (SSSR count). The third-order valence-corrected chi connectivity index (χ3v) is 1.60. The van der Waals surface area contributed by atoms with Crippen molar-refractivity contribution in [1.29, 1.82) is 0 Å². The Morgan fingerprint density at radius 3 is 2.79 bits per heavy atom. The van der Waals surface area contributed by atoms with Crippen LogP contribution >= 0.6 is 0 Å². The van der Waals surface area contributed by atoms with Crippen LogP contribution in [-0.4, -0.2) is 24.7 Å². The highest BCUT2D eigenvalue weighted by molar-refractivity contribution is 5.87. The highest BCUT2D eigenvalue weighted by Crippen LogP contribution is 2.09. The molecule has 0 radical (unpaired) electrons. The summed E-state index contributed by atoms with van der Waals surface area (Å²) in [5, 5.41) is 0. The van der Waals surface area contributed by atoms with Crippen molar-refractivity contribution in [1.82, 2.24) is 4.98 Å². The SMILES string of the molecule is CCCOc1ccc(C(=O)OC)nc1. The second kappa shape index (κ2) is 5.21. The minimum absolute atomic E-state index is 0.288. The number of esters is 1. The fraction of sp³-hybridized carbons (Fsp3) is 0.400. The topological polar surface area (TPSA) is 48.4 Å². The van der Waals surface area contributed by atoms with Gasteiger partial charge < -0.3 is 9.47 Å². The predicted molar refractivity (Wildman–Crippen MR) is 51.4 cm³/mol.